The van der Waals surface area contributed by atoms with E-state index in [9.17, 15) is 13.2 Å². The van der Waals surface area contributed by atoms with Crippen molar-refractivity contribution in [3.8, 4) is 0 Å². The molecule has 1 aromatic rings. The molecule has 0 aliphatic carbocycles. The Bertz CT molecular complexity index is 338. The van der Waals surface area contributed by atoms with Crippen LogP contribution >= 0.6 is 11.8 Å². The standard InChI is InChI=1S/C11H13F3OS/c1-8-3-2-4-9(5-8)6-16-7-10(15)11(12,13)14/h2-5,10,15H,6-7H2,1H3. The lowest BCUT2D eigenvalue weighted by atomic mass is 10.2. The molecule has 0 aliphatic rings. The van der Waals surface area contributed by atoms with Crippen molar-refractivity contribution in [3.05, 3.63) is 35.4 Å². The molecule has 1 atom stereocenters. The fraction of sp³-hybridized carbons (Fsp3) is 0.455. The van der Waals surface area contributed by atoms with E-state index in [4.69, 9.17) is 5.11 Å². The molecule has 0 spiro atoms. The van der Waals surface area contributed by atoms with Gasteiger partial charge in [0.2, 0.25) is 0 Å². The first kappa shape index (κ1) is 13.4. The number of halogens is 3. The van der Waals surface area contributed by atoms with Crippen LogP contribution in [0.25, 0.3) is 0 Å². The summed E-state index contributed by atoms with van der Waals surface area (Å²) in [4.78, 5) is 0. The van der Waals surface area contributed by atoms with Crippen molar-refractivity contribution >= 4 is 11.8 Å². The minimum absolute atomic E-state index is 0.322. The topological polar surface area (TPSA) is 20.2 Å². The Balaban J connectivity index is 2.36. The van der Waals surface area contributed by atoms with E-state index in [1.165, 1.54) is 0 Å². The molecule has 5 heteroatoms. The molecule has 0 bridgehead atoms. The van der Waals surface area contributed by atoms with Crippen LogP contribution in [-0.2, 0) is 5.75 Å². The van der Waals surface area contributed by atoms with E-state index in [1.54, 1.807) is 0 Å². The number of hydrogen-bond donors (Lipinski definition) is 1. The zero-order valence-corrected chi connectivity index (χ0v) is 9.61. The monoisotopic (exact) mass is 250 g/mol. The summed E-state index contributed by atoms with van der Waals surface area (Å²) in [6.45, 7) is 1.93. The van der Waals surface area contributed by atoms with Crippen molar-refractivity contribution in [2.75, 3.05) is 5.75 Å². The number of alkyl halides is 3. The average molecular weight is 250 g/mol. The summed E-state index contributed by atoms with van der Waals surface area (Å²) in [6.07, 6.45) is -6.75. The molecule has 0 fully saturated rings. The van der Waals surface area contributed by atoms with Gasteiger partial charge in [-0.1, -0.05) is 29.8 Å². The molecular weight excluding hydrogens is 237 g/mol. The fourth-order valence-corrected chi connectivity index (χ4v) is 2.13. The molecular formula is C11H13F3OS. The van der Waals surface area contributed by atoms with Gasteiger partial charge in [0.15, 0.2) is 6.10 Å². The van der Waals surface area contributed by atoms with Crippen LogP contribution in [0.2, 0.25) is 0 Å². The summed E-state index contributed by atoms with van der Waals surface area (Å²) < 4.78 is 35.9. The average Bonchev–Trinajstić information content (AvgIpc) is 2.16. The maximum Gasteiger partial charge on any atom is 0.415 e. The second kappa shape index (κ2) is 5.59. The Kier molecular flexibility index (Phi) is 4.68. The van der Waals surface area contributed by atoms with Crippen molar-refractivity contribution < 1.29 is 18.3 Å². The summed E-state index contributed by atoms with van der Waals surface area (Å²) in [5.41, 5.74) is 2.05. The van der Waals surface area contributed by atoms with Crippen LogP contribution in [0.1, 0.15) is 11.1 Å². The molecule has 16 heavy (non-hydrogen) atoms. The van der Waals surface area contributed by atoms with Gasteiger partial charge >= 0.3 is 6.18 Å². The lowest BCUT2D eigenvalue weighted by molar-refractivity contribution is -0.195. The number of aliphatic hydroxyl groups excluding tert-OH is 1. The molecule has 1 unspecified atom stereocenters. The van der Waals surface area contributed by atoms with Gasteiger partial charge in [0.25, 0.3) is 0 Å². The van der Waals surface area contributed by atoms with Crippen LogP contribution in [-0.4, -0.2) is 23.1 Å². The zero-order chi connectivity index (χ0) is 12.2. The lowest BCUT2D eigenvalue weighted by Gasteiger charge is -2.13. The summed E-state index contributed by atoms with van der Waals surface area (Å²) in [5, 5.41) is 8.77. The fourth-order valence-electron chi connectivity index (χ4n) is 1.18. The number of benzene rings is 1. The van der Waals surface area contributed by atoms with Gasteiger partial charge < -0.3 is 5.11 Å². The maximum absolute atomic E-state index is 12.0. The van der Waals surface area contributed by atoms with Gasteiger partial charge in [-0.3, -0.25) is 0 Å². The first-order valence-corrected chi connectivity index (χ1v) is 5.93. The minimum Gasteiger partial charge on any atom is -0.383 e. The van der Waals surface area contributed by atoms with E-state index in [-0.39, 0.29) is 5.75 Å². The van der Waals surface area contributed by atoms with Crippen LogP contribution in [0, 0.1) is 6.92 Å². The molecule has 0 aromatic heterocycles. The summed E-state index contributed by atoms with van der Waals surface area (Å²) in [6, 6.07) is 7.58. The number of rotatable bonds is 4. The molecule has 1 aromatic carbocycles. The SMILES string of the molecule is Cc1cccc(CSCC(O)C(F)(F)F)c1. The normalized spacial score (nSPS) is 13.8. The van der Waals surface area contributed by atoms with Crippen molar-refractivity contribution in [2.45, 2.75) is 25.0 Å². The van der Waals surface area contributed by atoms with Crippen molar-refractivity contribution in [1.82, 2.24) is 0 Å². The predicted octanol–water partition coefficient (Wildman–Crippen LogP) is 3.15. The maximum atomic E-state index is 12.0. The summed E-state index contributed by atoms with van der Waals surface area (Å²) in [5.74, 6) is 0.159. The molecule has 0 amide bonds. The highest BCUT2D eigenvalue weighted by atomic mass is 32.2. The van der Waals surface area contributed by atoms with E-state index in [0.29, 0.717) is 5.75 Å². The third-order valence-electron chi connectivity index (χ3n) is 2.00. The minimum atomic E-state index is -4.51. The largest absolute Gasteiger partial charge is 0.415 e. The van der Waals surface area contributed by atoms with E-state index in [1.807, 2.05) is 31.2 Å². The molecule has 1 N–H and O–H groups in total. The highest BCUT2D eigenvalue weighted by Crippen LogP contribution is 2.24. The van der Waals surface area contributed by atoms with Crippen LogP contribution < -0.4 is 0 Å². The van der Waals surface area contributed by atoms with E-state index >= 15 is 0 Å². The molecule has 0 heterocycles. The lowest BCUT2D eigenvalue weighted by Crippen LogP contribution is -2.30. The van der Waals surface area contributed by atoms with Crippen LogP contribution in [0.5, 0.6) is 0 Å². The second-order valence-corrected chi connectivity index (χ2v) is 4.59. The Morgan fingerprint density at radius 2 is 2.06 bits per heavy atom. The molecule has 0 saturated carbocycles. The number of thioether (sulfide) groups is 1. The predicted molar refractivity (Wildman–Crippen MR) is 59.4 cm³/mol. The van der Waals surface area contributed by atoms with Crippen molar-refractivity contribution in [2.24, 2.45) is 0 Å². The third kappa shape index (κ3) is 4.45. The Morgan fingerprint density at radius 3 is 2.62 bits per heavy atom. The van der Waals surface area contributed by atoms with Gasteiger partial charge in [-0.05, 0) is 12.5 Å². The second-order valence-electron chi connectivity index (χ2n) is 3.56. The molecule has 90 valence electrons. The number of hydrogen-bond acceptors (Lipinski definition) is 2. The Labute approximate surface area is 96.7 Å². The van der Waals surface area contributed by atoms with Crippen molar-refractivity contribution in [3.63, 3.8) is 0 Å². The highest BCUT2D eigenvalue weighted by Gasteiger charge is 2.37. The van der Waals surface area contributed by atoms with Gasteiger partial charge in [-0.15, -0.1) is 0 Å². The van der Waals surface area contributed by atoms with Crippen LogP contribution in [0.4, 0.5) is 13.2 Å². The first-order chi connectivity index (χ1) is 7.39. The van der Waals surface area contributed by atoms with Gasteiger partial charge in [0, 0.05) is 11.5 Å². The Hall–Kier alpha value is -0.680. The Morgan fingerprint density at radius 1 is 1.38 bits per heavy atom. The van der Waals surface area contributed by atoms with Crippen LogP contribution in [0.15, 0.2) is 24.3 Å². The molecule has 1 nitrogen and oxygen atoms in total. The first-order valence-electron chi connectivity index (χ1n) is 4.77. The van der Waals surface area contributed by atoms with Crippen molar-refractivity contribution in [1.29, 1.82) is 0 Å². The smallest absolute Gasteiger partial charge is 0.383 e. The van der Waals surface area contributed by atoms with Crippen LogP contribution in [0.3, 0.4) is 0 Å². The summed E-state index contributed by atoms with van der Waals surface area (Å²) in [7, 11) is 0. The summed E-state index contributed by atoms with van der Waals surface area (Å²) >= 11 is 1.08. The number of aliphatic hydroxyl groups is 1. The van der Waals surface area contributed by atoms with Gasteiger partial charge in [0.1, 0.15) is 0 Å². The number of aryl methyl sites for hydroxylation is 1. The van der Waals surface area contributed by atoms with E-state index in [0.717, 1.165) is 22.9 Å². The zero-order valence-electron chi connectivity index (χ0n) is 8.79. The van der Waals surface area contributed by atoms with Gasteiger partial charge in [0.05, 0.1) is 0 Å². The van der Waals surface area contributed by atoms with Gasteiger partial charge in [-0.2, -0.15) is 24.9 Å². The van der Waals surface area contributed by atoms with Gasteiger partial charge in [-0.25, -0.2) is 0 Å². The molecule has 1 rings (SSSR count). The quantitative estimate of drug-likeness (QED) is 0.885. The van der Waals surface area contributed by atoms with E-state index in [2.05, 4.69) is 0 Å². The van der Waals surface area contributed by atoms with E-state index < -0.39 is 12.3 Å². The molecule has 0 radical (unpaired) electrons. The molecule has 0 saturated heterocycles. The third-order valence-corrected chi connectivity index (χ3v) is 3.09. The highest BCUT2D eigenvalue weighted by molar-refractivity contribution is 7.98. The molecule has 0 aliphatic heterocycles.